The van der Waals surface area contributed by atoms with E-state index in [1.54, 1.807) is 18.2 Å². The van der Waals surface area contributed by atoms with E-state index in [-0.39, 0.29) is 25.0 Å². The van der Waals surface area contributed by atoms with Crippen molar-refractivity contribution in [2.75, 3.05) is 0 Å². The van der Waals surface area contributed by atoms with Gasteiger partial charge in [-0.15, -0.1) is 0 Å². The van der Waals surface area contributed by atoms with Crippen molar-refractivity contribution >= 4 is 28.5 Å². The molecule has 0 radical (unpaired) electrons. The summed E-state index contributed by atoms with van der Waals surface area (Å²) in [6, 6.07) is 14.4. The van der Waals surface area contributed by atoms with E-state index in [4.69, 9.17) is 11.6 Å². The molecule has 2 aromatic carbocycles. The van der Waals surface area contributed by atoms with Gasteiger partial charge >= 0.3 is 11.1 Å². The fourth-order valence-electron chi connectivity index (χ4n) is 3.04. The molecule has 0 fully saturated rings. The van der Waals surface area contributed by atoms with E-state index in [1.807, 2.05) is 44.2 Å². The van der Waals surface area contributed by atoms with Gasteiger partial charge in [0.25, 0.3) is 0 Å². The van der Waals surface area contributed by atoms with Crippen LogP contribution in [0.5, 0.6) is 0 Å². The van der Waals surface area contributed by atoms with Crippen molar-refractivity contribution in [3.05, 3.63) is 79.8 Å². The Hall–Kier alpha value is -2.86. The zero-order valence-corrected chi connectivity index (χ0v) is 16.6. The van der Waals surface area contributed by atoms with E-state index in [0.29, 0.717) is 16.1 Å². The minimum atomic E-state index is -0.745. The van der Waals surface area contributed by atoms with Crippen LogP contribution in [0.4, 0.5) is 0 Å². The molecule has 0 bridgehead atoms. The quantitative estimate of drug-likeness (QED) is 0.648. The first-order valence-corrected chi connectivity index (χ1v) is 9.54. The van der Waals surface area contributed by atoms with Gasteiger partial charge in [0.15, 0.2) is 0 Å². The van der Waals surface area contributed by atoms with Crippen LogP contribution in [0.15, 0.2) is 58.1 Å². The van der Waals surface area contributed by atoms with Crippen LogP contribution in [0.1, 0.15) is 25.8 Å². The second-order valence-electron chi connectivity index (χ2n) is 6.78. The summed E-state index contributed by atoms with van der Waals surface area (Å²) in [5.41, 5.74) is 0.481. The van der Waals surface area contributed by atoms with E-state index in [0.717, 1.165) is 12.0 Å². The number of hydrogen-bond donors (Lipinski definition) is 1. The minimum Gasteiger partial charge on any atom is -0.352 e. The van der Waals surface area contributed by atoms with Crippen molar-refractivity contribution in [1.82, 2.24) is 14.5 Å². The van der Waals surface area contributed by atoms with Crippen molar-refractivity contribution in [1.29, 1.82) is 0 Å². The van der Waals surface area contributed by atoms with Gasteiger partial charge in [-0.2, -0.15) is 0 Å². The third-order valence-corrected chi connectivity index (χ3v) is 4.93. The summed E-state index contributed by atoms with van der Waals surface area (Å²) in [6.45, 7) is 3.86. The highest BCUT2D eigenvalue weighted by atomic mass is 35.5. The molecule has 3 aromatic rings. The zero-order valence-electron chi connectivity index (χ0n) is 15.8. The number of rotatable bonds is 6. The molecule has 146 valence electrons. The monoisotopic (exact) mass is 399 g/mol. The van der Waals surface area contributed by atoms with Crippen molar-refractivity contribution in [2.45, 2.75) is 39.4 Å². The average molecular weight is 400 g/mol. The summed E-state index contributed by atoms with van der Waals surface area (Å²) in [7, 11) is 0. The molecule has 0 saturated heterocycles. The van der Waals surface area contributed by atoms with Gasteiger partial charge in [-0.1, -0.05) is 48.9 Å². The molecule has 3 rings (SSSR count). The molecule has 0 aliphatic heterocycles. The normalized spacial score (nSPS) is 12.1. The van der Waals surface area contributed by atoms with E-state index >= 15 is 0 Å². The third-order valence-electron chi connectivity index (χ3n) is 4.70. The van der Waals surface area contributed by atoms with E-state index in [9.17, 15) is 14.4 Å². The van der Waals surface area contributed by atoms with Crippen LogP contribution in [-0.4, -0.2) is 21.1 Å². The Morgan fingerprint density at radius 2 is 1.71 bits per heavy atom. The van der Waals surface area contributed by atoms with Crippen molar-refractivity contribution in [3.63, 3.8) is 0 Å². The number of nitrogens with zero attached hydrogens (tertiary/aromatic N) is 2. The summed E-state index contributed by atoms with van der Waals surface area (Å²) in [5.74, 6) is -0.321. The molecule has 0 aliphatic carbocycles. The van der Waals surface area contributed by atoms with Gasteiger partial charge in [0.05, 0.1) is 17.6 Å². The summed E-state index contributed by atoms with van der Waals surface area (Å²) >= 11 is 6.14. The Labute approximate surface area is 167 Å². The Balaban J connectivity index is 2.13. The number of carbonyl (C=O) groups is 1. The number of amides is 1. The van der Waals surface area contributed by atoms with Crippen LogP contribution in [-0.2, 0) is 17.9 Å². The number of fused-ring (bicyclic) bond motifs is 1. The SMILES string of the molecule is CC[C@H](C)NC(=O)Cn1c(=O)c(=O)n(Cc2ccccc2)c2ccc(Cl)cc21. The molecule has 0 aliphatic rings. The van der Waals surface area contributed by atoms with Crippen LogP contribution in [0, 0.1) is 0 Å². The van der Waals surface area contributed by atoms with Crippen molar-refractivity contribution in [3.8, 4) is 0 Å². The predicted octanol–water partition coefficient (Wildman–Crippen LogP) is 2.78. The maximum atomic E-state index is 12.8. The number of benzene rings is 2. The molecule has 1 atom stereocenters. The van der Waals surface area contributed by atoms with Crippen LogP contribution in [0.3, 0.4) is 0 Å². The number of nitrogens with one attached hydrogen (secondary N) is 1. The van der Waals surface area contributed by atoms with Gasteiger partial charge in [0.2, 0.25) is 5.91 Å². The maximum absolute atomic E-state index is 12.8. The first-order valence-electron chi connectivity index (χ1n) is 9.17. The number of aromatic nitrogens is 2. The second-order valence-corrected chi connectivity index (χ2v) is 7.21. The van der Waals surface area contributed by atoms with Gasteiger partial charge in [-0.05, 0) is 37.1 Å². The zero-order chi connectivity index (χ0) is 20.3. The van der Waals surface area contributed by atoms with E-state index in [1.165, 1.54) is 9.13 Å². The van der Waals surface area contributed by atoms with E-state index < -0.39 is 11.1 Å². The van der Waals surface area contributed by atoms with E-state index in [2.05, 4.69) is 5.32 Å². The number of halogens is 1. The molecule has 6 nitrogen and oxygen atoms in total. The third kappa shape index (κ3) is 4.17. The lowest BCUT2D eigenvalue weighted by Crippen LogP contribution is -2.45. The highest BCUT2D eigenvalue weighted by Crippen LogP contribution is 2.18. The van der Waals surface area contributed by atoms with Crippen molar-refractivity contribution in [2.24, 2.45) is 0 Å². The average Bonchev–Trinajstić information content (AvgIpc) is 2.69. The van der Waals surface area contributed by atoms with Crippen molar-refractivity contribution < 1.29 is 4.79 Å². The fraction of sp³-hybridized carbons (Fsp3) is 0.286. The van der Waals surface area contributed by atoms with Gasteiger partial charge in [-0.25, -0.2) is 0 Å². The summed E-state index contributed by atoms with van der Waals surface area (Å²) in [4.78, 5) is 38.0. The lowest BCUT2D eigenvalue weighted by atomic mass is 10.2. The Kier molecular flexibility index (Phi) is 5.99. The predicted molar refractivity (Wildman–Crippen MR) is 111 cm³/mol. The smallest absolute Gasteiger partial charge is 0.317 e. The first-order chi connectivity index (χ1) is 13.4. The van der Waals surface area contributed by atoms with Crippen LogP contribution in [0.2, 0.25) is 5.02 Å². The molecular formula is C21H22ClN3O3. The van der Waals surface area contributed by atoms with Gasteiger partial charge in [0.1, 0.15) is 6.54 Å². The molecule has 7 heteroatoms. The minimum absolute atomic E-state index is 0.0171. The molecular weight excluding hydrogens is 378 g/mol. The molecule has 0 unspecified atom stereocenters. The Bertz CT molecular complexity index is 1120. The summed E-state index contributed by atoms with van der Waals surface area (Å²) in [6.07, 6.45) is 0.770. The Morgan fingerprint density at radius 3 is 2.39 bits per heavy atom. The molecule has 1 heterocycles. The molecule has 1 amide bonds. The van der Waals surface area contributed by atoms with Crippen LogP contribution < -0.4 is 16.4 Å². The standard InChI is InChI=1S/C21H22ClN3O3/c1-3-14(2)23-19(26)13-25-18-11-16(22)9-10-17(18)24(20(27)21(25)28)12-15-7-5-4-6-8-15/h4-11,14H,3,12-13H2,1-2H3,(H,23,26)/t14-/m0/s1. The summed E-state index contributed by atoms with van der Waals surface area (Å²) < 4.78 is 2.62. The highest BCUT2D eigenvalue weighted by Gasteiger charge is 2.16. The lowest BCUT2D eigenvalue weighted by Gasteiger charge is -2.17. The summed E-state index contributed by atoms with van der Waals surface area (Å²) in [5, 5.41) is 3.24. The first kappa shape index (κ1) is 19.9. The maximum Gasteiger partial charge on any atom is 0.317 e. The molecule has 0 spiro atoms. The van der Waals surface area contributed by atoms with Gasteiger partial charge in [-0.3, -0.25) is 23.5 Å². The molecule has 0 saturated carbocycles. The fourth-order valence-corrected chi connectivity index (χ4v) is 3.20. The molecule has 1 N–H and O–H groups in total. The molecule has 1 aromatic heterocycles. The Morgan fingerprint density at radius 1 is 1.04 bits per heavy atom. The largest absolute Gasteiger partial charge is 0.352 e. The number of carbonyl (C=O) groups excluding carboxylic acids is 1. The number of hydrogen-bond acceptors (Lipinski definition) is 3. The van der Waals surface area contributed by atoms with Gasteiger partial charge in [0, 0.05) is 11.1 Å². The topological polar surface area (TPSA) is 73.1 Å². The second kappa shape index (κ2) is 8.44. The molecule has 28 heavy (non-hydrogen) atoms. The van der Waals surface area contributed by atoms with Crippen LogP contribution >= 0.6 is 11.6 Å². The van der Waals surface area contributed by atoms with Gasteiger partial charge < -0.3 is 5.32 Å². The highest BCUT2D eigenvalue weighted by molar-refractivity contribution is 6.31. The lowest BCUT2D eigenvalue weighted by molar-refractivity contribution is -0.122. The van der Waals surface area contributed by atoms with Crippen LogP contribution in [0.25, 0.3) is 11.0 Å².